The fourth-order valence-electron chi connectivity index (χ4n) is 7.64. The van der Waals surface area contributed by atoms with E-state index >= 15 is 0 Å². The van der Waals surface area contributed by atoms with Crippen molar-refractivity contribution >= 4 is 19.5 Å². The van der Waals surface area contributed by atoms with Crippen molar-refractivity contribution in [2.24, 2.45) is 0 Å². The van der Waals surface area contributed by atoms with Crippen molar-refractivity contribution in [2.75, 3.05) is 33.9 Å². The minimum absolute atomic E-state index is 0.0408. The lowest BCUT2D eigenvalue weighted by atomic mass is 10.0. The van der Waals surface area contributed by atoms with E-state index < -0.39 is 31.7 Å². The zero-order chi connectivity index (χ0) is 43.9. The molecule has 0 aliphatic rings. The molecule has 10 nitrogen and oxygen atoms in total. The molecule has 59 heavy (non-hydrogen) atoms. The monoisotopic (exact) mass is 861 g/mol. The Morgan fingerprint density at radius 2 is 0.966 bits per heavy atom. The molecule has 0 spiro atoms. The van der Waals surface area contributed by atoms with Crippen LogP contribution in [0.5, 0.6) is 0 Å². The number of aliphatic hydroxyl groups excluding tert-OH is 1. The van der Waals surface area contributed by atoms with Gasteiger partial charge in [0, 0.05) is 25.7 Å². The highest BCUT2D eigenvalue weighted by atomic mass is 31.2. The molecular formula is C48H95NO9P+. The first-order valence-corrected chi connectivity index (χ1v) is 26.2. The average molecular weight is 861 g/mol. The van der Waals surface area contributed by atoms with Crippen LogP contribution < -0.4 is 0 Å². The van der Waals surface area contributed by atoms with Gasteiger partial charge < -0.3 is 33.6 Å². The predicted octanol–water partition coefficient (Wildman–Crippen LogP) is 12.8. The molecule has 0 bridgehead atoms. The van der Waals surface area contributed by atoms with E-state index in [4.69, 9.17) is 14.0 Å². The number of allylic oxidation sites excluding steroid dienone is 2. The van der Waals surface area contributed by atoms with Crippen molar-refractivity contribution in [1.29, 1.82) is 0 Å². The molecule has 0 amide bonds. The second-order valence-electron chi connectivity index (χ2n) is 17.7. The van der Waals surface area contributed by atoms with E-state index in [-0.39, 0.29) is 49.5 Å². The van der Waals surface area contributed by atoms with E-state index in [9.17, 15) is 29.3 Å². The van der Waals surface area contributed by atoms with Gasteiger partial charge in [0.2, 0.25) is 0 Å². The summed E-state index contributed by atoms with van der Waals surface area (Å²) in [6.45, 7) is 6.03. The van der Waals surface area contributed by atoms with Gasteiger partial charge >= 0.3 is 19.5 Å². The van der Waals surface area contributed by atoms with Crippen molar-refractivity contribution < 1.29 is 47.7 Å². The number of esters is 2. The van der Waals surface area contributed by atoms with Crippen LogP contribution in [0.25, 0.3) is 0 Å². The maximum absolute atomic E-state index is 13.7. The van der Waals surface area contributed by atoms with Gasteiger partial charge in [-0.05, 0) is 44.9 Å². The predicted molar refractivity (Wildman–Crippen MR) is 244 cm³/mol. The van der Waals surface area contributed by atoms with Gasteiger partial charge in [0.1, 0.15) is 6.61 Å². The standard InChI is InChI=1S/C48H94NO9P/c1-6-9-11-13-15-17-19-21-23-25-27-29-31-33-35-38-47(52)56-42-44(43-57-59(54,55)45(37-8-3)49(4,5)41-40-46(50)51)58-48(53)39-36-34-32-30-28-26-24-22-20-18-16-14-12-10-7-2/h22,24,44-46,50-51H,6-21,23,25-43H2,1-5H3/p+1/b24-22-/t44-,45?/m1/s1. The Morgan fingerprint density at radius 3 is 1.39 bits per heavy atom. The van der Waals surface area contributed by atoms with Gasteiger partial charge in [-0.15, -0.1) is 0 Å². The molecule has 0 saturated heterocycles. The highest BCUT2D eigenvalue weighted by Crippen LogP contribution is 2.52. The van der Waals surface area contributed by atoms with Crippen molar-refractivity contribution in [2.45, 2.75) is 251 Å². The van der Waals surface area contributed by atoms with Gasteiger partial charge in [-0.25, -0.2) is 0 Å². The third kappa shape index (κ3) is 36.0. The third-order valence-electron chi connectivity index (χ3n) is 11.5. The van der Waals surface area contributed by atoms with Crippen molar-refractivity contribution in [3.8, 4) is 0 Å². The largest absolute Gasteiger partial charge is 0.462 e. The highest BCUT2D eigenvalue weighted by Gasteiger charge is 2.44. The Balaban J connectivity index is 4.78. The van der Waals surface area contributed by atoms with Crippen LogP contribution in [0.2, 0.25) is 0 Å². The molecule has 3 N–H and O–H groups in total. The number of hydrogen-bond acceptors (Lipinski definition) is 8. The summed E-state index contributed by atoms with van der Waals surface area (Å²) in [5, 5.41) is 18.9. The smallest absolute Gasteiger partial charge is 0.385 e. The van der Waals surface area contributed by atoms with Gasteiger partial charge in [0.15, 0.2) is 18.2 Å². The van der Waals surface area contributed by atoms with E-state index in [1.54, 1.807) is 14.1 Å². The average Bonchev–Trinajstić information content (AvgIpc) is 3.20. The van der Waals surface area contributed by atoms with Crippen LogP contribution >= 0.6 is 7.60 Å². The molecule has 0 aromatic carbocycles. The summed E-state index contributed by atoms with van der Waals surface area (Å²) in [7, 11) is -0.745. The van der Waals surface area contributed by atoms with Crippen LogP contribution in [0.3, 0.4) is 0 Å². The second-order valence-corrected chi connectivity index (χ2v) is 19.7. The Labute approximate surface area is 363 Å². The maximum atomic E-state index is 13.7. The highest BCUT2D eigenvalue weighted by molar-refractivity contribution is 7.53. The molecule has 11 heteroatoms. The molecular weight excluding hydrogens is 766 g/mol. The first-order valence-electron chi connectivity index (χ1n) is 24.5. The van der Waals surface area contributed by atoms with E-state index in [2.05, 4.69) is 26.0 Å². The summed E-state index contributed by atoms with van der Waals surface area (Å²) in [4.78, 5) is 36.8. The lowest BCUT2D eigenvalue weighted by molar-refractivity contribution is -0.904. The number of rotatable bonds is 44. The second kappa shape index (κ2) is 39.5. The Kier molecular flexibility index (Phi) is 38.7. The first kappa shape index (κ1) is 57.7. The molecule has 2 unspecified atom stereocenters. The van der Waals surface area contributed by atoms with Gasteiger partial charge in [-0.1, -0.05) is 174 Å². The fourth-order valence-corrected chi connectivity index (χ4v) is 9.68. The third-order valence-corrected chi connectivity index (χ3v) is 13.7. The maximum Gasteiger partial charge on any atom is 0.385 e. The number of ether oxygens (including phenoxy) is 2. The summed E-state index contributed by atoms with van der Waals surface area (Å²) in [5.41, 5.74) is 0. The Hall–Kier alpha value is -1.29. The number of unbranched alkanes of at least 4 members (excludes halogenated alkanes) is 25. The van der Waals surface area contributed by atoms with Crippen LogP contribution in [0, 0.1) is 0 Å². The van der Waals surface area contributed by atoms with Gasteiger partial charge in [-0.2, -0.15) is 0 Å². The molecule has 3 atom stereocenters. The molecule has 0 radical (unpaired) electrons. The minimum atomic E-state index is -4.27. The number of carbonyl (C=O) groups excluding carboxylic acids is 2. The molecule has 0 aromatic heterocycles. The lowest BCUT2D eigenvalue weighted by Crippen LogP contribution is -2.50. The molecule has 0 aliphatic carbocycles. The molecule has 0 aromatic rings. The number of aliphatic hydroxyl groups is 2. The van der Waals surface area contributed by atoms with Crippen molar-refractivity contribution in [3.05, 3.63) is 12.2 Å². The summed E-state index contributed by atoms with van der Waals surface area (Å²) in [6, 6.07) is 0. The first-order chi connectivity index (χ1) is 28.4. The summed E-state index contributed by atoms with van der Waals surface area (Å²) in [6.07, 6.45) is 37.3. The van der Waals surface area contributed by atoms with Crippen LogP contribution in [0.1, 0.15) is 233 Å². The van der Waals surface area contributed by atoms with E-state index in [1.807, 2.05) is 6.92 Å². The normalized spacial score (nSPS) is 14.2. The number of hydrogen-bond donors (Lipinski definition) is 3. The zero-order valence-corrected chi connectivity index (χ0v) is 39.9. The SMILES string of the molecule is CCCCCCCC/C=C\CCCCCCCC(=O)O[C@H](COC(=O)CCCCCCCCCCCCCCCCC)COP(=O)(O)C(CCC)[N+](C)(C)CCC(O)O. The number of quaternary nitrogens is 1. The summed E-state index contributed by atoms with van der Waals surface area (Å²) in [5.74, 6) is -1.65. The van der Waals surface area contributed by atoms with Gasteiger partial charge in [0.25, 0.3) is 0 Å². The minimum Gasteiger partial charge on any atom is -0.462 e. The van der Waals surface area contributed by atoms with Crippen LogP contribution in [-0.4, -0.2) is 83.6 Å². The topological polar surface area (TPSA) is 140 Å². The summed E-state index contributed by atoms with van der Waals surface area (Å²) < 4.78 is 30.6. The van der Waals surface area contributed by atoms with E-state index in [0.29, 0.717) is 19.3 Å². The summed E-state index contributed by atoms with van der Waals surface area (Å²) >= 11 is 0. The van der Waals surface area contributed by atoms with Gasteiger partial charge in [-0.3, -0.25) is 14.2 Å². The van der Waals surface area contributed by atoms with Crippen LogP contribution in [0.4, 0.5) is 0 Å². The number of carbonyl (C=O) groups is 2. The Bertz CT molecular complexity index is 1050. The van der Waals surface area contributed by atoms with Crippen LogP contribution in [0.15, 0.2) is 12.2 Å². The van der Waals surface area contributed by atoms with Crippen LogP contribution in [-0.2, 0) is 28.2 Å². The quantitative estimate of drug-likeness (QED) is 0.0136. The van der Waals surface area contributed by atoms with Crippen molar-refractivity contribution in [3.63, 3.8) is 0 Å². The molecule has 0 aliphatic heterocycles. The molecule has 0 saturated carbocycles. The van der Waals surface area contributed by atoms with Gasteiger partial charge in [0.05, 0.1) is 27.2 Å². The molecule has 0 fully saturated rings. The lowest BCUT2D eigenvalue weighted by Gasteiger charge is -2.39. The van der Waals surface area contributed by atoms with E-state index in [0.717, 1.165) is 51.4 Å². The number of nitrogens with zero attached hydrogens (tertiary/aromatic N) is 1. The molecule has 0 heterocycles. The fraction of sp³-hybridized carbons (Fsp3) is 0.917. The zero-order valence-electron chi connectivity index (χ0n) is 39.0. The molecule has 0 rings (SSSR count). The van der Waals surface area contributed by atoms with E-state index in [1.165, 1.54) is 122 Å². The van der Waals surface area contributed by atoms with Crippen molar-refractivity contribution in [1.82, 2.24) is 0 Å². The molecule has 350 valence electrons. The Morgan fingerprint density at radius 1 is 0.559 bits per heavy atom.